The maximum atomic E-state index is 12.5. The molecular weight excluding hydrogens is 370 g/mol. The maximum absolute atomic E-state index is 12.5. The summed E-state index contributed by atoms with van der Waals surface area (Å²) in [6.45, 7) is 1.44. The molecule has 0 aromatic carbocycles. The van der Waals surface area contributed by atoms with Crippen LogP contribution in [0.3, 0.4) is 0 Å². The Kier molecular flexibility index (Phi) is 4.02. The summed E-state index contributed by atoms with van der Waals surface area (Å²) in [5.41, 5.74) is 2.24. The third-order valence-corrected chi connectivity index (χ3v) is 4.94. The molecule has 1 N–H and O–H groups in total. The number of rotatable bonds is 2. The summed E-state index contributed by atoms with van der Waals surface area (Å²) >= 11 is 3.28. The van der Waals surface area contributed by atoms with Crippen molar-refractivity contribution >= 4 is 32.9 Å². The molecule has 3 aromatic rings. The van der Waals surface area contributed by atoms with Crippen LogP contribution in [0.4, 0.5) is 0 Å². The number of nitrogens with zero attached hydrogens (tertiary/aromatic N) is 4. The van der Waals surface area contributed by atoms with Crippen LogP contribution in [-0.4, -0.2) is 43.8 Å². The Morgan fingerprint density at radius 1 is 1.17 bits per heavy atom. The van der Waals surface area contributed by atoms with Gasteiger partial charge in [0.2, 0.25) is 5.82 Å². The number of likely N-dealkylation sites (tertiary alicyclic amines) is 1. The molecule has 1 fully saturated rings. The number of pyridine rings is 1. The van der Waals surface area contributed by atoms with Crippen LogP contribution in [0.15, 0.2) is 41.4 Å². The Balaban J connectivity index is 1.48. The molecule has 7 heteroatoms. The van der Waals surface area contributed by atoms with Crippen LogP contribution in [0, 0.1) is 0 Å². The van der Waals surface area contributed by atoms with Gasteiger partial charge in [0.1, 0.15) is 5.65 Å². The van der Waals surface area contributed by atoms with Crippen LogP contribution in [-0.2, 0) is 0 Å². The van der Waals surface area contributed by atoms with Crippen LogP contribution >= 0.6 is 15.9 Å². The van der Waals surface area contributed by atoms with E-state index in [-0.39, 0.29) is 11.7 Å². The number of carbonyl (C=O) groups is 1. The molecule has 4 heterocycles. The number of halogens is 1. The lowest BCUT2D eigenvalue weighted by molar-refractivity contribution is 0.0700. The number of hydrogen-bond acceptors (Lipinski definition) is 4. The van der Waals surface area contributed by atoms with Gasteiger partial charge in [0.05, 0.1) is 4.47 Å². The SMILES string of the molecule is O=C(c1ncc(Br)cn1)N1CCC(c2ccnc3[nH]ccc23)CC1. The van der Waals surface area contributed by atoms with Crippen molar-refractivity contribution in [3.05, 3.63) is 52.8 Å². The smallest absolute Gasteiger partial charge is 0.291 e. The second-order valence-corrected chi connectivity index (χ2v) is 6.85. The van der Waals surface area contributed by atoms with Crippen molar-refractivity contribution in [3.8, 4) is 0 Å². The fraction of sp³-hybridized carbons (Fsp3) is 0.294. The minimum atomic E-state index is -0.0949. The zero-order chi connectivity index (χ0) is 16.5. The van der Waals surface area contributed by atoms with E-state index in [9.17, 15) is 4.79 Å². The summed E-state index contributed by atoms with van der Waals surface area (Å²) in [5, 5.41) is 1.18. The predicted molar refractivity (Wildman–Crippen MR) is 93.7 cm³/mol. The molecule has 0 unspecified atom stereocenters. The molecule has 0 bridgehead atoms. The first-order valence-corrected chi connectivity index (χ1v) is 8.70. The van der Waals surface area contributed by atoms with Crippen molar-refractivity contribution in [2.45, 2.75) is 18.8 Å². The first-order valence-electron chi connectivity index (χ1n) is 7.91. The van der Waals surface area contributed by atoms with Gasteiger partial charge < -0.3 is 9.88 Å². The molecule has 1 aliphatic heterocycles. The number of aromatic amines is 1. The van der Waals surface area contributed by atoms with Crippen LogP contribution in [0.5, 0.6) is 0 Å². The van der Waals surface area contributed by atoms with Gasteiger partial charge in [-0.15, -0.1) is 0 Å². The average molecular weight is 386 g/mol. The van der Waals surface area contributed by atoms with Gasteiger partial charge in [-0.2, -0.15) is 0 Å². The summed E-state index contributed by atoms with van der Waals surface area (Å²) in [7, 11) is 0. The summed E-state index contributed by atoms with van der Waals surface area (Å²) in [4.78, 5) is 30.0. The van der Waals surface area contributed by atoms with Crippen molar-refractivity contribution in [1.29, 1.82) is 0 Å². The normalized spacial score (nSPS) is 15.8. The molecule has 1 amide bonds. The standard InChI is InChI=1S/C17H16BrN5O/c18-12-9-21-16(22-10-12)17(24)23-7-3-11(4-8-23)13-1-5-19-15-14(13)2-6-20-15/h1-2,5-6,9-11H,3-4,7-8H2,(H,19,20). The number of aromatic nitrogens is 4. The van der Waals surface area contributed by atoms with Crippen LogP contribution in [0.25, 0.3) is 11.0 Å². The maximum Gasteiger partial charge on any atom is 0.291 e. The van der Waals surface area contributed by atoms with E-state index in [1.807, 2.05) is 17.3 Å². The van der Waals surface area contributed by atoms with E-state index in [0.29, 0.717) is 5.92 Å². The highest BCUT2D eigenvalue weighted by Crippen LogP contribution is 2.32. The summed E-state index contributed by atoms with van der Waals surface area (Å²) in [5.74, 6) is 0.609. The summed E-state index contributed by atoms with van der Waals surface area (Å²) < 4.78 is 0.769. The quantitative estimate of drug-likeness (QED) is 0.735. The molecule has 24 heavy (non-hydrogen) atoms. The van der Waals surface area contributed by atoms with Gasteiger partial charge in [0.15, 0.2) is 0 Å². The second-order valence-electron chi connectivity index (χ2n) is 5.93. The van der Waals surface area contributed by atoms with Crippen molar-refractivity contribution in [2.75, 3.05) is 13.1 Å². The number of nitrogens with one attached hydrogen (secondary N) is 1. The Morgan fingerprint density at radius 2 is 1.92 bits per heavy atom. The molecule has 0 saturated carbocycles. The third-order valence-electron chi connectivity index (χ3n) is 4.53. The number of H-pyrrole nitrogens is 1. The number of amides is 1. The van der Waals surface area contributed by atoms with Gasteiger partial charge in [-0.25, -0.2) is 15.0 Å². The lowest BCUT2D eigenvalue weighted by atomic mass is 9.88. The van der Waals surface area contributed by atoms with Gasteiger partial charge in [-0.1, -0.05) is 0 Å². The number of carbonyl (C=O) groups excluding carboxylic acids is 1. The van der Waals surface area contributed by atoms with Gasteiger partial charge in [0.25, 0.3) is 5.91 Å². The van der Waals surface area contributed by atoms with E-state index in [1.54, 1.807) is 12.4 Å². The molecule has 0 spiro atoms. The first kappa shape index (κ1) is 15.3. The van der Waals surface area contributed by atoms with Gasteiger partial charge in [-0.05, 0) is 52.4 Å². The van der Waals surface area contributed by atoms with Crippen molar-refractivity contribution in [3.63, 3.8) is 0 Å². The van der Waals surface area contributed by atoms with Crippen molar-refractivity contribution < 1.29 is 4.79 Å². The molecule has 0 aliphatic carbocycles. The molecular formula is C17H16BrN5O. The zero-order valence-electron chi connectivity index (χ0n) is 12.9. The molecule has 0 radical (unpaired) electrons. The number of fused-ring (bicyclic) bond motifs is 1. The first-order chi connectivity index (χ1) is 11.7. The fourth-order valence-electron chi connectivity index (χ4n) is 3.30. The minimum Gasteiger partial charge on any atom is -0.346 e. The Hall–Kier alpha value is -2.28. The molecule has 1 saturated heterocycles. The largest absolute Gasteiger partial charge is 0.346 e. The molecule has 4 rings (SSSR count). The molecule has 6 nitrogen and oxygen atoms in total. The van der Waals surface area contributed by atoms with Crippen molar-refractivity contribution in [1.82, 2.24) is 24.8 Å². The topological polar surface area (TPSA) is 74.8 Å². The van der Waals surface area contributed by atoms with E-state index in [2.05, 4.69) is 48.0 Å². The van der Waals surface area contributed by atoms with Gasteiger partial charge in [-0.3, -0.25) is 4.79 Å². The van der Waals surface area contributed by atoms with E-state index in [4.69, 9.17) is 0 Å². The van der Waals surface area contributed by atoms with E-state index in [0.717, 1.165) is 36.1 Å². The third kappa shape index (κ3) is 2.80. The average Bonchev–Trinajstić information content (AvgIpc) is 3.11. The van der Waals surface area contributed by atoms with Gasteiger partial charge in [0, 0.05) is 43.3 Å². The highest BCUT2D eigenvalue weighted by molar-refractivity contribution is 9.10. The Bertz CT molecular complexity index is 868. The monoisotopic (exact) mass is 385 g/mol. The van der Waals surface area contributed by atoms with E-state index >= 15 is 0 Å². The molecule has 0 atom stereocenters. The second kappa shape index (κ2) is 6.32. The molecule has 122 valence electrons. The molecule has 1 aliphatic rings. The van der Waals surface area contributed by atoms with Crippen LogP contribution in [0.1, 0.15) is 34.9 Å². The van der Waals surface area contributed by atoms with Crippen molar-refractivity contribution in [2.24, 2.45) is 0 Å². The highest BCUT2D eigenvalue weighted by Gasteiger charge is 2.26. The number of hydrogen-bond donors (Lipinski definition) is 1. The van der Waals surface area contributed by atoms with E-state index < -0.39 is 0 Å². The fourth-order valence-corrected chi connectivity index (χ4v) is 3.50. The van der Waals surface area contributed by atoms with E-state index in [1.165, 1.54) is 10.9 Å². The van der Waals surface area contributed by atoms with Gasteiger partial charge >= 0.3 is 0 Å². The Labute approximate surface area is 147 Å². The minimum absolute atomic E-state index is 0.0949. The Morgan fingerprint density at radius 3 is 2.67 bits per heavy atom. The number of piperidine rings is 1. The summed E-state index contributed by atoms with van der Waals surface area (Å²) in [6, 6.07) is 4.17. The van der Waals surface area contributed by atoms with Crippen LogP contribution < -0.4 is 0 Å². The zero-order valence-corrected chi connectivity index (χ0v) is 14.5. The van der Waals surface area contributed by atoms with Crippen LogP contribution in [0.2, 0.25) is 0 Å². The summed E-state index contributed by atoms with van der Waals surface area (Å²) in [6.07, 6.45) is 8.85. The highest BCUT2D eigenvalue weighted by atomic mass is 79.9. The lowest BCUT2D eigenvalue weighted by Gasteiger charge is -2.32. The molecule has 3 aromatic heterocycles. The lowest BCUT2D eigenvalue weighted by Crippen LogP contribution is -2.38. The predicted octanol–water partition coefficient (Wildman–Crippen LogP) is 3.14.